The number of aromatic nitrogens is 2. The van der Waals surface area contributed by atoms with E-state index >= 15 is 0 Å². The Morgan fingerprint density at radius 2 is 2.00 bits per heavy atom. The quantitative estimate of drug-likeness (QED) is 0.323. The van der Waals surface area contributed by atoms with Crippen molar-refractivity contribution < 1.29 is 14.1 Å². The van der Waals surface area contributed by atoms with Crippen LogP contribution in [0.4, 0.5) is 0 Å². The lowest BCUT2D eigenvalue weighted by Crippen LogP contribution is -2.43. The van der Waals surface area contributed by atoms with Crippen LogP contribution < -0.4 is 20.9 Å². The van der Waals surface area contributed by atoms with Crippen molar-refractivity contribution in [3.8, 4) is 16.4 Å². The van der Waals surface area contributed by atoms with Gasteiger partial charge in [0.05, 0.1) is 28.8 Å². The second-order valence-corrected chi connectivity index (χ2v) is 10.1. The minimum atomic E-state index is -0.276. The van der Waals surface area contributed by atoms with Gasteiger partial charge in [-0.1, -0.05) is 11.2 Å². The zero-order chi connectivity index (χ0) is 25.8. The van der Waals surface area contributed by atoms with Gasteiger partial charge in [-0.15, -0.1) is 23.7 Å². The third-order valence-corrected chi connectivity index (χ3v) is 7.80. The molecule has 0 unspecified atom stereocenters. The summed E-state index contributed by atoms with van der Waals surface area (Å²) in [6, 6.07) is 13.3. The number of nitrogens with zero attached hydrogens (tertiary/aromatic N) is 3. The van der Waals surface area contributed by atoms with E-state index in [1.165, 1.54) is 6.07 Å². The minimum absolute atomic E-state index is 0. The number of ether oxygens (including phenoxy) is 1. The number of rotatable bonds is 9. The largest absolute Gasteiger partial charge is 0.497 e. The fraction of sp³-hybridized carbons (Fsp3) is 0.370. The van der Waals surface area contributed by atoms with Crippen LogP contribution in [-0.2, 0) is 13.1 Å². The Morgan fingerprint density at radius 1 is 1.18 bits per heavy atom. The summed E-state index contributed by atoms with van der Waals surface area (Å²) in [4.78, 5) is 28.8. The number of nitrogens with one attached hydrogen (secondary N) is 2. The number of halogens is 1. The number of fused-ring (bicyclic) bond motifs is 1. The summed E-state index contributed by atoms with van der Waals surface area (Å²) in [5, 5.41) is 13.2. The zero-order valence-corrected chi connectivity index (χ0v) is 23.1. The van der Waals surface area contributed by atoms with Crippen molar-refractivity contribution in [1.29, 1.82) is 0 Å². The third kappa shape index (κ3) is 6.10. The lowest BCUT2D eigenvalue weighted by molar-refractivity contribution is 0.0964. The monoisotopic (exact) mass is 557 g/mol. The lowest BCUT2D eigenvalue weighted by atomic mass is 10.0. The molecular formula is C27H32ClN5O4S. The summed E-state index contributed by atoms with van der Waals surface area (Å²) >= 11 is 1.64. The third-order valence-electron chi connectivity index (χ3n) is 6.91. The SMILES string of the molecule is CNC(=O)c1cc(=O)n(CCN2CCC(NCc3cc(-c4cccs4)on3)CC2)c2cc(OC)ccc12.Cl. The van der Waals surface area contributed by atoms with Crippen LogP contribution >= 0.6 is 23.7 Å². The van der Waals surface area contributed by atoms with Gasteiger partial charge in [0.25, 0.3) is 11.5 Å². The van der Waals surface area contributed by atoms with E-state index in [0.717, 1.165) is 54.2 Å². The molecule has 5 rings (SSSR count). The Bertz CT molecular complexity index is 1430. The maximum Gasteiger partial charge on any atom is 0.251 e. The molecule has 4 heterocycles. The van der Waals surface area contributed by atoms with Crippen LogP contribution in [0.15, 0.2) is 57.2 Å². The molecular weight excluding hydrogens is 526 g/mol. The van der Waals surface area contributed by atoms with Gasteiger partial charge in [0, 0.05) is 56.3 Å². The molecule has 0 atom stereocenters. The summed E-state index contributed by atoms with van der Waals surface area (Å²) in [6.45, 7) is 3.87. The van der Waals surface area contributed by atoms with E-state index in [1.54, 1.807) is 30.1 Å². The number of pyridine rings is 1. The standard InChI is InChI=1S/C27H31N5O4S.ClH/c1-28-27(34)22-16-26(33)32(23-15-20(35-2)5-6-21(22)23)12-11-31-9-7-18(8-10-31)29-17-19-14-24(36-30-19)25-4-3-13-37-25;/h3-6,13-16,18,29H,7-12,17H2,1-2H3,(H,28,34);1H. The molecule has 0 bridgehead atoms. The van der Waals surface area contributed by atoms with E-state index in [4.69, 9.17) is 9.26 Å². The number of piperidine rings is 1. The normalized spacial score (nSPS) is 14.4. The van der Waals surface area contributed by atoms with Crippen LogP contribution in [-0.4, -0.2) is 60.4 Å². The highest BCUT2D eigenvalue weighted by molar-refractivity contribution is 7.13. The molecule has 1 aliphatic heterocycles. The first-order chi connectivity index (χ1) is 18.1. The van der Waals surface area contributed by atoms with Crippen LogP contribution in [0.1, 0.15) is 28.9 Å². The van der Waals surface area contributed by atoms with Gasteiger partial charge in [-0.2, -0.15) is 0 Å². The number of carbonyl (C=O) groups excluding carboxylic acids is 1. The zero-order valence-electron chi connectivity index (χ0n) is 21.4. The molecule has 1 saturated heterocycles. The topological polar surface area (TPSA) is 102 Å². The fourth-order valence-corrected chi connectivity index (χ4v) is 5.49. The van der Waals surface area contributed by atoms with Gasteiger partial charge in [0.1, 0.15) is 5.75 Å². The molecule has 1 fully saturated rings. The number of hydrogen-bond acceptors (Lipinski definition) is 8. The Kier molecular flexibility index (Phi) is 9.22. The molecule has 202 valence electrons. The second-order valence-electron chi connectivity index (χ2n) is 9.17. The number of amides is 1. The molecule has 1 aromatic carbocycles. The number of benzene rings is 1. The van der Waals surface area contributed by atoms with E-state index in [-0.39, 0.29) is 23.9 Å². The highest BCUT2D eigenvalue weighted by Crippen LogP contribution is 2.25. The van der Waals surface area contributed by atoms with E-state index in [2.05, 4.69) is 20.7 Å². The van der Waals surface area contributed by atoms with Gasteiger partial charge in [0.15, 0.2) is 5.76 Å². The van der Waals surface area contributed by atoms with Crippen molar-refractivity contribution >= 4 is 40.6 Å². The van der Waals surface area contributed by atoms with Crippen molar-refractivity contribution in [2.75, 3.05) is 33.8 Å². The molecule has 11 heteroatoms. The predicted octanol–water partition coefficient (Wildman–Crippen LogP) is 3.76. The highest BCUT2D eigenvalue weighted by Gasteiger charge is 2.20. The molecule has 0 radical (unpaired) electrons. The smallest absolute Gasteiger partial charge is 0.251 e. The van der Waals surface area contributed by atoms with Gasteiger partial charge >= 0.3 is 0 Å². The molecule has 9 nitrogen and oxygen atoms in total. The van der Waals surface area contributed by atoms with Crippen LogP contribution in [0.5, 0.6) is 5.75 Å². The second kappa shape index (κ2) is 12.6. The average molecular weight is 558 g/mol. The first-order valence-corrected chi connectivity index (χ1v) is 13.3. The van der Waals surface area contributed by atoms with Crippen LogP contribution in [0.25, 0.3) is 21.5 Å². The summed E-state index contributed by atoms with van der Waals surface area (Å²) in [7, 11) is 3.16. The predicted molar refractivity (Wildman–Crippen MR) is 152 cm³/mol. The summed E-state index contributed by atoms with van der Waals surface area (Å²) in [5.41, 5.74) is 1.80. The van der Waals surface area contributed by atoms with Crippen molar-refractivity contribution in [3.63, 3.8) is 0 Å². The Balaban J connectivity index is 0.00000336. The van der Waals surface area contributed by atoms with Crippen LogP contribution in [0.2, 0.25) is 0 Å². The molecule has 0 aliphatic carbocycles. The average Bonchev–Trinajstić information content (AvgIpc) is 3.63. The molecule has 0 saturated carbocycles. The van der Waals surface area contributed by atoms with Crippen molar-refractivity contribution in [2.45, 2.75) is 32.0 Å². The van der Waals surface area contributed by atoms with E-state index in [0.29, 0.717) is 36.0 Å². The fourth-order valence-electron chi connectivity index (χ4n) is 4.82. The summed E-state index contributed by atoms with van der Waals surface area (Å²) in [5.74, 6) is 1.18. The maximum atomic E-state index is 13.0. The minimum Gasteiger partial charge on any atom is -0.497 e. The Labute approximate surface area is 231 Å². The number of hydrogen-bond donors (Lipinski definition) is 2. The molecule has 1 amide bonds. The lowest BCUT2D eigenvalue weighted by Gasteiger charge is -2.32. The van der Waals surface area contributed by atoms with Crippen LogP contribution in [0, 0.1) is 0 Å². The molecule has 1 aliphatic rings. The maximum absolute atomic E-state index is 13.0. The highest BCUT2D eigenvalue weighted by atomic mass is 35.5. The molecule has 0 spiro atoms. The van der Waals surface area contributed by atoms with Crippen molar-refractivity contribution in [2.24, 2.45) is 0 Å². The molecule has 4 aromatic rings. The molecule has 2 N–H and O–H groups in total. The molecule has 38 heavy (non-hydrogen) atoms. The Morgan fingerprint density at radius 3 is 2.71 bits per heavy atom. The summed E-state index contributed by atoms with van der Waals surface area (Å²) in [6.07, 6.45) is 2.05. The number of carbonyl (C=O) groups is 1. The van der Waals surface area contributed by atoms with Gasteiger partial charge in [-0.25, -0.2) is 0 Å². The van der Waals surface area contributed by atoms with Crippen molar-refractivity contribution in [3.05, 3.63) is 69.5 Å². The molecule has 3 aromatic heterocycles. The van der Waals surface area contributed by atoms with E-state index in [1.807, 2.05) is 41.8 Å². The Hall–Kier alpha value is -3.18. The first kappa shape index (κ1) is 27.8. The first-order valence-electron chi connectivity index (χ1n) is 12.4. The van der Waals surface area contributed by atoms with E-state index < -0.39 is 0 Å². The van der Waals surface area contributed by atoms with Crippen LogP contribution in [0.3, 0.4) is 0 Å². The van der Waals surface area contributed by atoms with Gasteiger partial charge in [0.2, 0.25) is 0 Å². The number of likely N-dealkylation sites (tertiary alicyclic amines) is 1. The van der Waals surface area contributed by atoms with Gasteiger partial charge < -0.3 is 29.4 Å². The van der Waals surface area contributed by atoms with Crippen molar-refractivity contribution in [1.82, 2.24) is 25.3 Å². The van der Waals surface area contributed by atoms with E-state index in [9.17, 15) is 9.59 Å². The summed E-state index contributed by atoms with van der Waals surface area (Å²) < 4.78 is 12.6. The van der Waals surface area contributed by atoms with Gasteiger partial charge in [-0.05, 0) is 49.5 Å². The van der Waals surface area contributed by atoms with Gasteiger partial charge in [-0.3, -0.25) is 9.59 Å². The number of methoxy groups -OCH3 is 1. The number of thiophene rings is 1.